The summed E-state index contributed by atoms with van der Waals surface area (Å²) in [6.45, 7) is 1.90. The molecule has 0 unspecified atom stereocenters. The van der Waals surface area contributed by atoms with Crippen molar-refractivity contribution < 1.29 is 13.3 Å². The summed E-state index contributed by atoms with van der Waals surface area (Å²) in [5.74, 6) is -0.976. The van der Waals surface area contributed by atoms with Gasteiger partial charge in [-0.05, 0) is 23.6 Å². The normalized spacial score (nSPS) is 14.4. The van der Waals surface area contributed by atoms with E-state index in [0.717, 1.165) is 25.1 Å². The highest BCUT2D eigenvalue weighted by Gasteiger charge is 2.35. The van der Waals surface area contributed by atoms with Crippen LogP contribution in [0.2, 0.25) is 0 Å². The van der Waals surface area contributed by atoms with Crippen LogP contribution in [0.5, 0.6) is 0 Å². The average molecular weight is 395 g/mol. The molecule has 0 atom stereocenters. The molecule has 1 aromatic heterocycles. The number of nitrogens with one attached hydrogen (secondary N) is 1. The van der Waals surface area contributed by atoms with Crippen LogP contribution in [0.4, 0.5) is 20.2 Å². The Bertz CT molecular complexity index is 1050. The van der Waals surface area contributed by atoms with Gasteiger partial charge in [0.05, 0.1) is 0 Å². The highest BCUT2D eigenvalue weighted by molar-refractivity contribution is 6.21. The number of benzene rings is 1. The first kappa shape index (κ1) is 17.6. The number of halogens is 3. The number of aromatic nitrogens is 2. The van der Waals surface area contributed by atoms with Gasteiger partial charge in [-0.15, -0.1) is 0 Å². The molecular weight excluding hydrogens is 382 g/mol. The zero-order valence-corrected chi connectivity index (χ0v) is 14.6. The van der Waals surface area contributed by atoms with E-state index in [9.17, 15) is 18.4 Å². The molecule has 1 N–H and O–H groups in total. The third-order valence-electron chi connectivity index (χ3n) is 4.41. The molecule has 2 aromatic carbocycles. The first-order chi connectivity index (χ1) is 12.8. The molecule has 1 aliphatic heterocycles. The summed E-state index contributed by atoms with van der Waals surface area (Å²) in [6, 6.07) is 6.73. The Balaban J connectivity index is 1.45. The van der Waals surface area contributed by atoms with Crippen LogP contribution in [0.15, 0.2) is 38.4 Å². The summed E-state index contributed by atoms with van der Waals surface area (Å²) in [5.41, 5.74) is 1.16. The van der Waals surface area contributed by atoms with Crippen LogP contribution in [-0.2, 0) is 11.9 Å². The van der Waals surface area contributed by atoms with Gasteiger partial charge in [0.25, 0.3) is 10.9 Å². The van der Waals surface area contributed by atoms with Crippen molar-refractivity contribution in [1.29, 1.82) is 0 Å². The van der Waals surface area contributed by atoms with Crippen molar-refractivity contribution in [2.24, 2.45) is 0 Å². The third-order valence-corrected chi connectivity index (χ3v) is 4.57. The maximum atomic E-state index is 12.9. The Morgan fingerprint density at radius 3 is 2.44 bits per heavy atom. The fourth-order valence-corrected chi connectivity index (χ4v) is 2.88. The van der Waals surface area contributed by atoms with E-state index in [1.54, 1.807) is 24.3 Å². The molecule has 10 heteroatoms. The first-order valence-corrected chi connectivity index (χ1v) is 8.55. The molecule has 0 radical (unpaired) electrons. The second kappa shape index (κ2) is 6.41. The van der Waals surface area contributed by atoms with Crippen LogP contribution in [0.1, 0.15) is 17.9 Å². The van der Waals surface area contributed by atoms with E-state index in [4.69, 9.17) is 11.6 Å². The van der Waals surface area contributed by atoms with Crippen LogP contribution in [-0.4, -0.2) is 23.2 Å². The van der Waals surface area contributed by atoms with Crippen molar-refractivity contribution in [3.8, 4) is 11.4 Å². The molecular formula is C17H13ClF2N4O3. The Morgan fingerprint density at radius 2 is 1.89 bits per heavy atom. The minimum absolute atomic E-state index is 0.00706. The van der Waals surface area contributed by atoms with Crippen molar-refractivity contribution in [3.63, 3.8) is 0 Å². The zero-order chi connectivity index (χ0) is 19.2. The molecule has 0 bridgehead atoms. The van der Waals surface area contributed by atoms with Gasteiger partial charge in [-0.1, -0.05) is 29.4 Å². The summed E-state index contributed by atoms with van der Waals surface area (Å²) in [6.07, 6.45) is 1.01. The highest BCUT2D eigenvalue weighted by Crippen LogP contribution is 2.32. The number of nitrogens with zero attached hydrogens (tertiary/aromatic N) is 3. The maximum absolute atomic E-state index is 12.9. The molecule has 1 aliphatic rings. The van der Waals surface area contributed by atoms with Gasteiger partial charge in [-0.2, -0.15) is 13.8 Å². The summed E-state index contributed by atoms with van der Waals surface area (Å²) in [7, 11) is 0. The van der Waals surface area contributed by atoms with E-state index < -0.39 is 22.1 Å². The van der Waals surface area contributed by atoms with Gasteiger partial charge in [0, 0.05) is 25.2 Å². The Kier molecular flexibility index (Phi) is 4.18. The lowest BCUT2D eigenvalue weighted by molar-refractivity contribution is 0.0551. The molecule has 27 heavy (non-hydrogen) atoms. The molecule has 7 nitrogen and oxygen atoms in total. The SMILES string of the molecule is O=c1c(NCc2ccc(-c3noc(C(F)(F)Cl)n3)cc2)c(N2CCC2)c1=O. The van der Waals surface area contributed by atoms with Gasteiger partial charge in [0.15, 0.2) is 0 Å². The number of hydrogen-bond donors (Lipinski definition) is 1. The highest BCUT2D eigenvalue weighted by atomic mass is 35.5. The lowest BCUT2D eigenvalue weighted by Gasteiger charge is -2.34. The van der Waals surface area contributed by atoms with Crippen molar-refractivity contribution in [2.75, 3.05) is 23.3 Å². The van der Waals surface area contributed by atoms with E-state index in [1.165, 1.54) is 0 Å². The fraction of sp³-hybridized carbons (Fsp3) is 0.294. The van der Waals surface area contributed by atoms with E-state index in [2.05, 4.69) is 20.0 Å². The fourth-order valence-electron chi connectivity index (χ4n) is 2.80. The number of alkyl halides is 3. The Labute approximate surface area is 156 Å². The first-order valence-electron chi connectivity index (χ1n) is 8.17. The maximum Gasteiger partial charge on any atom is 0.400 e. The second-order valence-electron chi connectivity index (χ2n) is 6.19. The van der Waals surface area contributed by atoms with E-state index >= 15 is 0 Å². The largest absolute Gasteiger partial charge is 0.400 e. The topological polar surface area (TPSA) is 88.3 Å². The zero-order valence-electron chi connectivity index (χ0n) is 13.8. The van der Waals surface area contributed by atoms with Crippen LogP contribution < -0.4 is 21.1 Å². The summed E-state index contributed by atoms with van der Waals surface area (Å²) in [4.78, 5) is 28.9. The van der Waals surface area contributed by atoms with Crippen LogP contribution >= 0.6 is 11.6 Å². The quantitative estimate of drug-likeness (QED) is 0.507. The third kappa shape index (κ3) is 3.18. The number of hydrogen-bond acceptors (Lipinski definition) is 7. The lowest BCUT2D eigenvalue weighted by atomic mass is 10.1. The van der Waals surface area contributed by atoms with Crippen LogP contribution in [0.25, 0.3) is 11.4 Å². The average Bonchev–Trinajstić information content (AvgIpc) is 3.10. The Hall–Kier alpha value is -2.81. The van der Waals surface area contributed by atoms with Gasteiger partial charge in [0.2, 0.25) is 5.82 Å². The van der Waals surface area contributed by atoms with Crippen LogP contribution in [0, 0.1) is 0 Å². The van der Waals surface area contributed by atoms with Gasteiger partial charge in [-0.25, -0.2) is 0 Å². The van der Waals surface area contributed by atoms with Gasteiger partial charge < -0.3 is 14.7 Å². The molecule has 0 spiro atoms. The minimum atomic E-state index is -3.72. The van der Waals surface area contributed by atoms with E-state index in [1.807, 2.05) is 4.90 Å². The molecule has 3 aromatic rings. The van der Waals surface area contributed by atoms with Gasteiger partial charge in [0.1, 0.15) is 11.4 Å². The van der Waals surface area contributed by atoms with Crippen LogP contribution in [0.3, 0.4) is 0 Å². The standard InChI is InChI=1S/C17H13ClF2N4O3/c18-17(19,20)16-22-15(23-27-16)10-4-2-9(3-5-10)8-21-11-12(14(26)13(11)25)24-6-1-7-24/h2-5,21H,1,6-8H2. The molecule has 2 heterocycles. The van der Waals surface area contributed by atoms with Crippen molar-refractivity contribution >= 4 is 23.0 Å². The second-order valence-corrected chi connectivity index (χ2v) is 6.67. The Morgan fingerprint density at radius 1 is 1.19 bits per heavy atom. The predicted molar refractivity (Wildman–Crippen MR) is 95.0 cm³/mol. The van der Waals surface area contributed by atoms with Crippen molar-refractivity contribution in [3.05, 3.63) is 56.2 Å². The molecule has 1 saturated heterocycles. The van der Waals surface area contributed by atoms with E-state index in [0.29, 0.717) is 23.5 Å². The number of rotatable bonds is 6. The smallest absolute Gasteiger partial charge is 0.376 e. The molecule has 4 rings (SSSR count). The molecule has 0 saturated carbocycles. The van der Waals surface area contributed by atoms with Gasteiger partial charge >= 0.3 is 11.3 Å². The molecule has 0 amide bonds. The minimum Gasteiger partial charge on any atom is -0.376 e. The van der Waals surface area contributed by atoms with Gasteiger partial charge in [-0.3, -0.25) is 9.59 Å². The van der Waals surface area contributed by atoms with E-state index in [-0.39, 0.29) is 5.82 Å². The summed E-state index contributed by atoms with van der Waals surface area (Å²) in [5, 5.41) is 2.76. The molecule has 0 aliphatic carbocycles. The number of anilines is 2. The summed E-state index contributed by atoms with van der Waals surface area (Å²) < 4.78 is 30.3. The lowest BCUT2D eigenvalue weighted by Crippen LogP contribution is -2.48. The monoisotopic (exact) mass is 394 g/mol. The van der Waals surface area contributed by atoms with Crippen molar-refractivity contribution in [2.45, 2.75) is 18.3 Å². The molecule has 1 fully saturated rings. The molecule has 140 valence electrons. The summed E-state index contributed by atoms with van der Waals surface area (Å²) >= 11 is 4.85. The van der Waals surface area contributed by atoms with Crippen molar-refractivity contribution in [1.82, 2.24) is 10.1 Å². The predicted octanol–water partition coefficient (Wildman–Crippen LogP) is 2.44.